The predicted octanol–water partition coefficient (Wildman–Crippen LogP) is 2.82. The molecule has 1 spiro atoms. The second kappa shape index (κ2) is 10.2. The first-order valence-electron chi connectivity index (χ1n) is 11.6. The van der Waals surface area contributed by atoms with Crippen LogP contribution in [0.1, 0.15) is 39.0 Å². The van der Waals surface area contributed by atoms with Crippen LogP contribution < -0.4 is 4.90 Å². The molecule has 1 amide bonds. The molecule has 0 aliphatic carbocycles. The van der Waals surface area contributed by atoms with Gasteiger partial charge in [-0.3, -0.25) is 18.9 Å². The minimum absolute atomic E-state index is 0.130. The molecular weight excluding hydrogens is 412 g/mol. The molecular formula is C23H34N4O3S. The molecule has 3 aliphatic rings. The van der Waals surface area contributed by atoms with Crippen molar-refractivity contribution in [1.29, 1.82) is 0 Å². The molecule has 8 heteroatoms. The molecule has 0 aromatic carbocycles. The van der Waals surface area contributed by atoms with E-state index in [0.717, 1.165) is 65.0 Å². The first-order chi connectivity index (χ1) is 15.1. The number of ether oxygens (including phenoxy) is 1. The number of piperidine rings is 2. The quantitative estimate of drug-likeness (QED) is 0.492. The Bertz CT molecular complexity index is 746. The standard InChI is InChI=1S/C23H34N4O3S/c1-2-30-21(28)17-31-27-12-5-19(6-13-27)22(29)25-14-7-23(8-15-25)9-16-26(18-23)20-3-10-24-11-4-20/h3-4,10-11,19H,2,5-9,12-18H2,1H3. The molecule has 4 heterocycles. The molecule has 31 heavy (non-hydrogen) atoms. The van der Waals surface area contributed by atoms with E-state index in [1.807, 2.05) is 19.3 Å². The lowest BCUT2D eigenvalue weighted by atomic mass is 9.77. The minimum atomic E-state index is -0.164. The van der Waals surface area contributed by atoms with Crippen LogP contribution in [0.4, 0.5) is 5.69 Å². The van der Waals surface area contributed by atoms with Crippen LogP contribution in [0.5, 0.6) is 0 Å². The molecule has 3 fully saturated rings. The van der Waals surface area contributed by atoms with Gasteiger partial charge in [0, 0.05) is 63.3 Å². The van der Waals surface area contributed by atoms with E-state index in [1.54, 1.807) is 0 Å². The van der Waals surface area contributed by atoms with E-state index in [0.29, 0.717) is 23.7 Å². The van der Waals surface area contributed by atoms with Gasteiger partial charge in [0.15, 0.2) is 0 Å². The van der Waals surface area contributed by atoms with Crippen LogP contribution in [0.2, 0.25) is 0 Å². The molecule has 170 valence electrons. The number of aromatic nitrogens is 1. The molecule has 1 aromatic heterocycles. The van der Waals surface area contributed by atoms with Crippen molar-refractivity contribution in [2.75, 3.05) is 56.5 Å². The van der Waals surface area contributed by atoms with Gasteiger partial charge in [0.1, 0.15) is 5.75 Å². The molecule has 0 unspecified atom stereocenters. The molecule has 0 bridgehead atoms. The van der Waals surface area contributed by atoms with Crippen LogP contribution in [0.15, 0.2) is 24.5 Å². The number of pyridine rings is 1. The van der Waals surface area contributed by atoms with Crippen molar-refractivity contribution in [2.45, 2.75) is 39.0 Å². The zero-order valence-corrected chi connectivity index (χ0v) is 19.3. The van der Waals surface area contributed by atoms with Gasteiger partial charge in [0.25, 0.3) is 0 Å². The summed E-state index contributed by atoms with van der Waals surface area (Å²) < 4.78 is 7.20. The summed E-state index contributed by atoms with van der Waals surface area (Å²) >= 11 is 1.53. The number of nitrogens with zero attached hydrogens (tertiary/aromatic N) is 4. The van der Waals surface area contributed by atoms with Crippen LogP contribution >= 0.6 is 11.9 Å². The van der Waals surface area contributed by atoms with E-state index >= 15 is 0 Å². The zero-order valence-electron chi connectivity index (χ0n) is 18.5. The SMILES string of the molecule is CCOC(=O)CSN1CCC(C(=O)N2CCC3(CC2)CCN(c2ccncc2)C3)CC1. The Morgan fingerprint density at radius 1 is 1.10 bits per heavy atom. The lowest BCUT2D eigenvalue weighted by Gasteiger charge is -2.41. The summed E-state index contributed by atoms with van der Waals surface area (Å²) in [6.07, 6.45) is 8.92. The summed E-state index contributed by atoms with van der Waals surface area (Å²) in [6.45, 7) is 7.94. The number of hydrogen-bond donors (Lipinski definition) is 0. The number of esters is 1. The minimum Gasteiger partial charge on any atom is -0.465 e. The predicted molar refractivity (Wildman–Crippen MR) is 123 cm³/mol. The van der Waals surface area contributed by atoms with Gasteiger partial charge >= 0.3 is 5.97 Å². The van der Waals surface area contributed by atoms with E-state index in [2.05, 4.69) is 31.2 Å². The number of carbonyl (C=O) groups excluding carboxylic acids is 2. The summed E-state index contributed by atoms with van der Waals surface area (Å²) in [5.41, 5.74) is 1.62. The summed E-state index contributed by atoms with van der Waals surface area (Å²) in [5, 5.41) is 0. The maximum Gasteiger partial charge on any atom is 0.317 e. The lowest BCUT2D eigenvalue weighted by Crippen LogP contribution is -2.47. The van der Waals surface area contributed by atoms with Crippen molar-refractivity contribution in [3.05, 3.63) is 24.5 Å². The van der Waals surface area contributed by atoms with Gasteiger partial charge in [-0.2, -0.15) is 0 Å². The number of amides is 1. The molecule has 3 saturated heterocycles. The van der Waals surface area contributed by atoms with Gasteiger partial charge in [0.05, 0.1) is 6.61 Å². The highest BCUT2D eigenvalue weighted by Crippen LogP contribution is 2.42. The van der Waals surface area contributed by atoms with Gasteiger partial charge in [-0.25, -0.2) is 0 Å². The zero-order chi connectivity index (χ0) is 21.7. The largest absolute Gasteiger partial charge is 0.465 e. The number of likely N-dealkylation sites (tertiary alicyclic amines) is 1. The van der Waals surface area contributed by atoms with E-state index in [4.69, 9.17) is 4.74 Å². The highest BCUT2D eigenvalue weighted by molar-refractivity contribution is 7.97. The van der Waals surface area contributed by atoms with E-state index < -0.39 is 0 Å². The lowest BCUT2D eigenvalue weighted by molar-refractivity contribution is -0.140. The Labute approximate surface area is 189 Å². The Kier molecular flexibility index (Phi) is 7.38. The Balaban J connectivity index is 1.20. The third kappa shape index (κ3) is 5.52. The maximum atomic E-state index is 13.1. The van der Waals surface area contributed by atoms with E-state index in [9.17, 15) is 9.59 Å². The highest BCUT2D eigenvalue weighted by Gasteiger charge is 2.42. The summed E-state index contributed by atoms with van der Waals surface area (Å²) in [6, 6.07) is 4.18. The number of hydrogen-bond acceptors (Lipinski definition) is 7. The topological polar surface area (TPSA) is 66.0 Å². The fraction of sp³-hybridized carbons (Fsp3) is 0.696. The molecule has 0 saturated carbocycles. The first-order valence-corrected chi connectivity index (χ1v) is 12.5. The van der Waals surface area contributed by atoms with Crippen molar-refractivity contribution >= 4 is 29.5 Å². The molecule has 1 aromatic rings. The molecule has 0 atom stereocenters. The van der Waals surface area contributed by atoms with Crippen LogP contribution in [-0.2, 0) is 14.3 Å². The highest BCUT2D eigenvalue weighted by atomic mass is 32.2. The average Bonchev–Trinajstić information content (AvgIpc) is 3.22. The van der Waals surface area contributed by atoms with Crippen molar-refractivity contribution < 1.29 is 14.3 Å². The average molecular weight is 447 g/mol. The molecule has 0 radical (unpaired) electrons. The van der Waals surface area contributed by atoms with Crippen LogP contribution in [-0.4, -0.2) is 77.7 Å². The van der Waals surface area contributed by atoms with Gasteiger partial charge in [-0.1, -0.05) is 11.9 Å². The number of rotatable bonds is 6. The van der Waals surface area contributed by atoms with Crippen LogP contribution in [0, 0.1) is 11.3 Å². The van der Waals surface area contributed by atoms with Gasteiger partial charge in [-0.05, 0) is 56.6 Å². The van der Waals surface area contributed by atoms with E-state index in [-0.39, 0.29) is 11.9 Å². The Morgan fingerprint density at radius 3 is 2.45 bits per heavy atom. The van der Waals surface area contributed by atoms with Gasteiger partial charge in [-0.15, -0.1) is 0 Å². The van der Waals surface area contributed by atoms with Gasteiger partial charge in [0.2, 0.25) is 5.91 Å². The Morgan fingerprint density at radius 2 is 1.77 bits per heavy atom. The first kappa shape index (κ1) is 22.4. The second-order valence-corrected chi connectivity index (χ2v) is 10.0. The fourth-order valence-corrected chi connectivity index (χ4v) is 6.00. The summed E-state index contributed by atoms with van der Waals surface area (Å²) in [4.78, 5) is 33.4. The van der Waals surface area contributed by atoms with Gasteiger partial charge < -0.3 is 14.5 Å². The second-order valence-electron chi connectivity index (χ2n) is 8.98. The molecule has 7 nitrogen and oxygen atoms in total. The van der Waals surface area contributed by atoms with Crippen molar-refractivity contribution in [3.8, 4) is 0 Å². The number of anilines is 1. The third-order valence-corrected chi connectivity index (χ3v) is 8.17. The molecule has 4 rings (SSSR count). The normalized spacial score (nSPS) is 22.1. The Hall–Kier alpha value is -1.80. The molecule has 3 aliphatic heterocycles. The third-order valence-electron chi connectivity index (χ3n) is 7.08. The number of carbonyl (C=O) groups is 2. The van der Waals surface area contributed by atoms with Crippen molar-refractivity contribution in [2.24, 2.45) is 11.3 Å². The van der Waals surface area contributed by atoms with E-state index in [1.165, 1.54) is 24.1 Å². The van der Waals surface area contributed by atoms with Crippen molar-refractivity contribution in [3.63, 3.8) is 0 Å². The summed E-state index contributed by atoms with van der Waals surface area (Å²) in [7, 11) is 0. The molecule has 0 N–H and O–H groups in total. The van der Waals surface area contributed by atoms with Crippen molar-refractivity contribution in [1.82, 2.24) is 14.2 Å². The monoisotopic (exact) mass is 446 g/mol. The smallest absolute Gasteiger partial charge is 0.317 e. The maximum absolute atomic E-state index is 13.1. The fourth-order valence-electron chi connectivity index (χ4n) is 5.16. The van der Waals surface area contributed by atoms with Crippen LogP contribution in [0.3, 0.4) is 0 Å². The summed E-state index contributed by atoms with van der Waals surface area (Å²) in [5.74, 6) is 0.665. The van der Waals surface area contributed by atoms with Crippen LogP contribution in [0.25, 0.3) is 0 Å².